The highest BCUT2D eigenvalue weighted by Crippen LogP contribution is 2.34. The lowest BCUT2D eigenvalue weighted by Crippen LogP contribution is -2.22. The van der Waals surface area contributed by atoms with Gasteiger partial charge in [-0.3, -0.25) is 19.3 Å². The molecule has 1 aliphatic carbocycles. The molecule has 5 rings (SSSR count). The Bertz CT molecular complexity index is 1450. The fourth-order valence-electron chi connectivity index (χ4n) is 5.16. The zero-order chi connectivity index (χ0) is 26.3. The van der Waals surface area contributed by atoms with E-state index >= 15 is 0 Å². The number of halogens is 1. The molecule has 0 amide bonds. The highest BCUT2D eigenvalue weighted by atomic mass is 79.9. The molecule has 0 unspecified atom stereocenters. The molecule has 198 valence electrons. The molecule has 0 fully saturated rings. The van der Waals surface area contributed by atoms with Gasteiger partial charge in [0.1, 0.15) is 0 Å². The number of aromatic nitrogens is 4. The molecule has 0 atom stereocenters. The van der Waals surface area contributed by atoms with Gasteiger partial charge in [0.05, 0.1) is 11.2 Å². The summed E-state index contributed by atoms with van der Waals surface area (Å²) in [6.45, 7) is 1.77. The molecule has 2 N–H and O–H groups in total. The van der Waals surface area contributed by atoms with Gasteiger partial charge in [0, 0.05) is 65.4 Å². The van der Waals surface area contributed by atoms with E-state index in [1.807, 2.05) is 12.1 Å². The van der Waals surface area contributed by atoms with Gasteiger partial charge in [-0.15, -0.1) is 0 Å². The van der Waals surface area contributed by atoms with Crippen molar-refractivity contribution in [3.05, 3.63) is 74.9 Å². The monoisotopic (exact) mass is 574 g/mol. The summed E-state index contributed by atoms with van der Waals surface area (Å²) in [5.41, 5.74) is 6.56. The van der Waals surface area contributed by atoms with Crippen LogP contribution in [0.15, 0.2) is 58.1 Å². The highest BCUT2D eigenvalue weighted by molar-refractivity contribution is 9.10. The predicted molar refractivity (Wildman–Crippen MR) is 159 cm³/mol. The normalized spacial score (nSPS) is 12.9. The number of nitrogens with one attached hydrogen (secondary N) is 2. The van der Waals surface area contributed by atoms with Crippen molar-refractivity contribution in [3.63, 3.8) is 0 Å². The van der Waals surface area contributed by atoms with Crippen molar-refractivity contribution in [1.29, 1.82) is 0 Å². The molecule has 0 saturated carbocycles. The number of fused-ring (bicyclic) bond motifs is 2. The third-order valence-corrected chi connectivity index (χ3v) is 7.77. The minimum absolute atomic E-state index is 0.0716. The molecule has 0 spiro atoms. The van der Waals surface area contributed by atoms with Crippen LogP contribution in [0.1, 0.15) is 56.2 Å². The quantitative estimate of drug-likeness (QED) is 0.199. The Balaban J connectivity index is 1.07. The SMILES string of the molecule is Cn1c(NCCCCCCCNc2c3c(nc4cc(Br)ccc24)CCCC3)nc(-c2ccncc2)cc1=O. The number of anilines is 2. The summed E-state index contributed by atoms with van der Waals surface area (Å²) < 4.78 is 2.64. The first-order valence-corrected chi connectivity index (χ1v) is 14.5. The molecule has 0 bridgehead atoms. The topological polar surface area (TPSA) is 84.7 Å². The van der Waals surface area contributed by atoms with E-state index in [2.05, 4.69) is 54.7 Å². The van der Waals surface area contributed by atoms with E-state index in [1.165, 1.54) is 48.0 Å². The second-order valence-electron chi connectivity index (χ2n) is 10.0. The average Bonchev–Trinajstić information content (AvgIpc) is 2.94. The van der Waals surface area contributed by atoms with Crippen molar-refractivity contribution >= 4 is 38.5 Å². The fourth-order valence-corrected chi connectivity index (χ4v) is 5.51. The van der Waals surface area contributed by atoms with E-state index in [4.69, 9.17) is 4.98 Å². The molecular weight excluding hydrogens is 540 g/mol. The molecule has 0 radical (unpaired) electrons. The first-order valence-electron chi connectivity index (χ1n) is 13.7. The lowest BCUT2D eigenvalue weighted by molar-refractivity contribution is 0.632. The van der Waals surface area contributed by atoms with Crippen LogP contribution < -0.4 is 16.2 Å². The summed E-state index contributed by atoms with van der Waals surface area (Å²) in [5.74, 6) is 0.605. The number of hydrogen-bond acceptors (Lipinski definition) is 6. The van der Waals surface area contributed by atoms with Crippen LogP contribution >= 0.6 is 15.9 Å². The summed E-state index contributed by atoms with van der Waals surface area (Å²) in [4.78, 5) is 26.1. The zero-order valence-corrected chi connectivity index (χ0v) is 23.6. The van der Waals surface area contributed by atoms with Crippen LogP contribution in [0.25, 0.3) is 22.2 Å². The van der Waals surface area contributed by atoms with Gasteiger partial charge in [-0.05, 0) is 74.4 Å². The Morgan fingerprint density at radius 1 is 0.895 bits per heavy atom. The second-order valence-corrected chi connectivity index (χ2v) is 10.9. The lowest BCUT2D eigenvalue weighted by Gasteiger charge is -2.22. The Morgan fingerprint density at radius 2 is 1.63 bits per heavy atom. The number of unbranched alkanes of at least 4 members (excludes halogenated alkanes) is 4. The molecule has 4 aromatic rings. The number of nitrogens with zero attached hydrogens (tertiary/aromatic N) is 4. The van der Waals surface area contributed by atoms with Crippen molar-refractivity contribution in [3.8, 4) is 11.3 Å². The molecule has 1 aromatic carbocycles. The van der Waals surface area contributed by atoms with Crippen molar-refractivity contribution in [1.82, 2.24) is 19.5 Å². The zero-order valence-electron chi connectivity index (χ0n) is 22.0. The summed E-state index contributed by atoms with van der Waals surface area (Å²) in [5, 5.41) is 8.36. The van der Waals surface area contributed by atoms with Gasteiger partial charge in [-0.2, -0.15) is 0 Å². The Kier molecular flexibility index (Phi) is 8.68. The van der Waals surface area contributed by atoms with Crippen molar-refractivity contribution in [2.24, 2.45) is 7.05 Å². The summed E-state index contributed by atoms with van der Waals surface area (Å²) in [7, 11) is 1.75. The molecule has 38 heavy (non-hydrogen) atoms. The van der Waals surface area contributed by atoms with E-state index in [0.717, 1.165) is 60.7 Å². The maximum atomic E-state index is 12.4. The maximum Gasteiger partial charge on any atom is 0.255 e. The van der Waals surface area contributed by atoms with E-state index in [0.29, 0.717) is 11.6 Å². The Labute approximate surface area is 232 Å². The third-order valence-electron chi connectivity index (χ3n) is 7.27. The number of hydrogen-bond donors (Lipinski definition) is 2. The van der Waals surface area contributed by atoms with Crippen LogP contribution in [-0.2, 0) is 19.9 Å². The van der Waals surface area contributed by atoms with Crippen molar-refractivity contribution < 1.29 is 0 Å². The largest absolute Gasteiger partial charge is 0.384 e. The van der Waals surface area contributed by atoms with Gasteiger partial charge in [0.2, 0.25) is 5.95 Å². The molecule has 1 aliphatic rings. The van der Waals surface area contributed by atoms with Crippen LogP contribution in [0.2, 0.25) is 0 Å². The van der Waals surface area contributed by atoms with E-state index in [1.54, 1.807) is 30.1 Å². The molecule has 7 nitrogen and oxygen atoms in total. The lowest BCUT2D eigenvalue weighted by atomic mass is 9.92. The van der Waals surface area contributed by atoms with Gasteiger partial charge in [-0.1, -0.05) is 35.2 Å². The fraction of sp³-hybridized carbons (Fsp3) is 0.400. The van der Waals surface area contributed by atoms with Gasteiger partial charge in [0.25, 0.3) is 5.56 Å². The van der Waals surface area contributed by atoms with E-state index in [9.17, 15) is 4.79 Å². The number of pyridine rings is 2. The van der Waals surface area contributed by atoms with Crippen LogP contribution in [0, 0.1) is 0 Å². The highest BCUT2D eigenvalue weighted by Gasteiger charge is 2.18. The minimum atomic E-state index is -0.0716. The number of benzene rings is 1. The Hall–Kier alpha value is -3.26. The van der Waals surface area contributed by atoms with Crippen LogP contribution in [0.5, 0.6) is 0 Å². The number of aryl methyl sites for hydroxylation is 1. The van der Waals surface area contributed by atoms with E-state index in [-0.39, 0.29) is 5.56 Å². The van der Waals surface area contributed by atoms with Gasteiger partial charge in [0.15, 0.2) is 0 Å². The standard InChI is InChI=1S/C30H35BrN6O/c1-37-28(38)20-26(21-13-17-32-18-14-21)36-30(37)34-16-8-4-2-3-7-15-33-29-23-9-5-6-10-25(23)35-27-19-22(31)11-12-24(27)29/h11-14,17-20H,2-10,15-16H2,1H3,(H,33,35)(H,34,36). The van der Waals surface area contributed by atoms with Crippen LogP contribution in [0.3, 0.4) is 0 Å². The van der Waals surface area contributed by atoms with E-state index < -0.39 is 0 Å². The van der Waals surface area contributed by atoms with Crippen LogP contribution in [-0.4, -0.2) is 32.6 Å². The van der Waals surface area contributed by atoms with Crippen molar-refractivity contribution in [2.75, 3.05) is 23.7 Å². The minimum Gasteiger partial charge on any atom is -0.384 e. The molecule has 8 heteroatoms. The molecule has 3 heterocycles. The molecule has 3 aromatic heterocycles. The van der Waals surface area contributed by atoms with Gasteiger partial charge in [-0.25, -0.2) is 4.98 Å². The third kappa shape index (κ3) is 6.23. The van der Waals surface area contributed by atoms with Gasteiger partial charge < -0.3 is 10.6 Å². The van der Waals surface area contributed by atoms with Crippen LogP contribution in [0.4, 0.5) is 11.6 Å². The first-order chi connectivity index (χ1) is 18.6. The predicted octanol–water partition coefficient (Wildman–Crippen LogP) is 6.51. The number of rotatable bonds is 11. The first kappa shape index (κ1) is 26.4. The molecular formula is C30H35BrN6O. The van der Waals surface area contributed by atoms with Gasteiger partial charge >= 0.3 is 0 Å². The molecule has 0 aliphatic heterocycles. The summed E-state index contributed by atoms with van der Waals surface area (Å²) in [6.07, 6.45) is 13.8. The summed E-state index contributed by atoms with van der Waals surface area (Å²) in [6, 6.07) is 11.7. The summed E-state index contributed by atoms with van der Waals surface area (Å²) >= 11 is 3.60. The second kappa shape index (κ2) is 12.5. The average molecular weight is 576 g/mol. The van der Waals surface area contributed by atoms with Crippen molar-refractivity contribution in [2.45, 2.75) is 57.8 Å². The Morgan fingerprint density at radius 3 is 2.45 bits per heavy atom. The smallest absolute Gasteiger partial charge is 0.255 e. The maximum absolute atomic E-state index is 12.4. The molecule has 0 saturated heterocycles.